The fraction of sp³-hybridized carbons (Fsp3) is 0. The van der Waals surface area contributed by atoms with Crippen molar-refractivity contribution in [3.8, 4) is 0 Å². The van der Waals surface area contributed by atoms with Crippen LogP contribution in [0.2, 0.25) is 0 Å². The number of benzene rings is 2. The van der Waals surface area contributed by atoms with Crippen molar-refractivity contribution in [3.05, 3.63) is 77.7 Å². The van der Waals surface area contributed by atoms with E-state index < -0.39 is 5.91 Å². The first-order valence-electron chi connectivity index (χ1n) is 6.67. The van der Waals surface area contributed by atoms with E-state index in [2.05, 4.69) is 15.5 Å². The maximum Gasteiger partial charge on any atom is 0.289 e. The van der Waals surface area contributed by atoms with Crippen molar-refractivity contribution in [3.63, 3.8) is 0 Å². The van der Waals surface area contributed by atoms with Crippen LogP contribution in [0.4, 0.5) is 4.39 Å². The van der Waals surface area contributed by atoms with Crippen LogP contribution in [0.3, 0.4) is 0 Å². The number of nitrogens with one attached hydrogen (secondary N) is 1. The first kappa shape index (κ1) is 13.9. The lowest BCUT2D eigenvalue weighted by molar-refractivity contribution is 0.0950. The Kier molecular flexibility index (Phi) is 3.87. The van der Waals surface area contributed by atoms with E-state index in [9.17, 15) is 9.18 Å². The molecule has 0 radical (unpaired) electrons. The Morgan fingerprint density at radius 2 is 1.95 bits per heavy atom. The fourth-order valence-electron chi connectivity index (χ4n) is 2.00. The molecule has 0 spiro atoms. The van der Waals surface area contributed by atoms with Gasteiger partial charge in [-0.3, -0.25) is 4.79 Å². The van der Waals surface area contributed by atoms with Crippen LogP contribution in [0, 0.1) is 5.82 Å². The fourth-order valence-corrected chi connectivity index (χ4v) is 2.00. The molecule has 1 aromatic heterocycles. The number of pyridine rings is 1. The van der Waals surface area contributed by atoms with Crippen molar-refractivity contribution in [2.24, 2.45) is 5.10 Å². The molecule has 22 heavy (non-hydrogen) atoms. The highest BCUT2D eigenvalue weighted by molar-refractivity contribution is 5.95. The lowest BCUT2D eigenvalue weighted by atomic mass is 10.2. The molecular weight excluding hydrogens is 281 g/mol. The standard InChI is InChI=1S/C17H12FN3O/c18-14-6-3-4-12(10-14)11-19-21-17(22)16-9-8-13-5-1-2-7-15(13)20-16/h1-11H,(H,21,22). The number of nitrogens with zero attached hydrogens (tertiary/aromatic N) is 2. The van der Waals surface area contributed by atoms with Crippen LogP contribution in [0.1, 0.15) is 16.1 Å². The number of aromatic nitrogens is 1. The van der Waals surface area contributed by atoms with Gasteiger partial charge in [0.1, 0.15) is 11.5 Å². The van der Waals surface area contributed by atoms with Crippen molar-refractivity contribution in [2.75, 3.05) is 0 Å². The third kappa shape index (κ3) is 3.15. The van der Waals surface area contributed by atoms with Crippen LogP contribution in [-0.2, 0) is 0 Å². The lowest BCUT2D eigenvalue weighted by Crippen LogP contribution is -2.18. The third-order valence-corrected chi connectivity index (χ3v) is 3.06. The largest absolute Gasteiger partial charge is 0.289 e. The van der Waals surface area contributed by atoms with Crippen LogP contribution in [0.15, 0.2) is 65.8 Å². The van der Waals surface area contributed by atoms with Crippen molar-refractivity contribution in [2.45, 2.75) is 0 Å². The highest BCUT2D eigenvalue weighted by Crippen LogP contribution is 2.11. The number of hydrogen-bond donors (Lipinski definition) is 1. The van der Waals surface area contributed by atoms with Gasteiger partial charge in [-0.2, -0.15) is 5.10 Å². The molecule has 4 nitrogen and oxygen atoms in total. The van der Waals surface area contributed by atoms with Gasteiger partial charge in [0.05, 0.1) is 11.7 Å². The number of carbonyl (C=O) groups is 1. The van der Waals surface area contributed by atoms with Gasteiger partial charge in [0.25, 0.3) is 5.91 Å². The summed E-state index contributed by atoms with van der Waals surface area (Å²) in [6, 6.07) is 16.9. The Balaban J connectivity index is 1.73. The molecule has 108 valence electrons. The van der Waals surface area contributed by atoms with Crippen LogP contribution in [-0.4, -0.2) is 17.1 Å². The van der Waals surface area contributed by atoms with Crippen molar-refractivity contribution in [1.29, 1.82) is 0 Å². The molecule has 3 rings (SSSR count). The van der Waals surface area contributed by atoms with Gasteiger partial charge in [-0.25, -0.2) is 14.8 Å². The highest BCUT2D eigenvalue weighted by Gasteiger charge is 2.06. The third-order valence-electron chi connectivity index (χ3n) is 3.06. The molecule has 5 heteroatoms. The average molecular weight is 293 g/mol. The molecule has 0 unspecified atom stereocenters. The molecule has 0 saturated heterocycles. The Morgan fingerprint density at radius 3 is 2.82 bits per heavy atom. The van der Waals surface area contributed by atoms with Gasteiger partial charge in [-0.05, 0) is 29.8 Å². The van der Waals surface area contributed by atoms with Gasteiger partial charge < -0.3 is 0 Å². The zero-order valence-corrected chi connectivity index (χ0v) is 11.5. The Labute approximate surface area is 126 Å². The maximum atomic E-state index is 13.0. The topological polar surface area (TPSA) is 54.4 Å². The maximum absolute atomic E-state index is 13.0. The second kappa shape index (κ2) is 6.13. The van der Waals surface area contributed by atoms with Gasteiger partial charge in [0.2, 0.25) is 0 Å². The molecule has 1 amide bonds. The summed E-state index contributed by atoms with van der Waals surface area (Å²) in [6.45, 7) is 0. The van der Waals surface area contributed by atoms with Crippen LogP contribution in [0.5, 0.6) is 0 Å². The summed E-state index contributed by atoms with van der Waals surface area (Å²) < 4.78 is 13.0. The molecule has 0 atom stereocenters. The summed E-state index contributed by atoms with van der Waals surface area (Å²) >= 11 is 0. The van der Waals surface area contributed by atoms with Gasteiger partial charge >= 0.3 is 0 Å². The molecule has 1 heterocycles. The number of para-hydroxylation sites is 1. The van der Waals surface area contributed by atoms with Crippen molar-refractivity contribution in [1.82, 2.24) is 10.4 Å². The number of halogens is 1. The summed E-state index contributed by atoms with van der Waals surface area (Å²) in [6.07, 6.45) is 1.38. The van der Waals surface area contributed by atoms with Crippen LogP contribution in [0.25, 0.3) is 10.9 Å². The quantitative estimate of drug-likeness (QED) is 0.596. The molecule has 0 fully saturated rings. The molecule has 0 saturated carbocycles. The SMILES string of the molecule is O=C(NN=Cc1cccc(F)c1)c1ccc2ccccc2n1. The molecule has 1 N–H and O–H groups in total. The number of amides is 1. The predicted molar refractivity (Wildman–Crippen MR) is 83.2 cm³/mol. The molecule has 0 aliphatic heterocycles. The van der Waals surface area contributed by atoms with Crippen LogP contribution < -0.4 is 5.43 Å². The molecule has 3 aromatic rings. The van der Waals surface area contributed by atoms with E-state index in [0.717, 1.165) is 10.9 Å². The number of carbonyl (C=O) groups excluding carboxylic acids is 1. The monoisotopic (exact) mass is 293 g/mol. The number of hydrazone groups is 1. The minimum atomic E-state index is -0.418. The molecule has 2 aromatic carbocycles. The second-order valence-electron chi connectivity index (χ2n) is 4.64. The number of fused-ring (bicyclic) bond motifs is 1. The Morgan fingerprint density at radius 1 is 1.09 bits per heavy atom. The van der Waals surface area contributed by atoms with Crippen molar-refractivity contribution >= 4 is 23.0 Å². The summed E-state index contributed by atoms with van der Waals surface area (Å²) in [5, 5.41) is 4.77. The normalized spacial score (nSPS) is 11.0. The van der Waals surface area contributed by atoms with Crippen molar-refractivity contribution < 1.29 is 9.18 Å². The minimum Gasteiger partial charge on any atom is -0.266 e. The second-order valence-corrected chi connectivity index (χ2v) is 4.64. The Hall–Kier alpha value is -3.08. The van der Waals surface area contributed by atoms with E-state index in [0.29, 0.717) is 5.56 Å². The van der Waals surface area contributed by atoms with Gasteiger partial charge in [-0.1, -0.05) is 36.4 Å². The number of rotatable bonds is 3. The van der Waals surface area contributed by atoms with Gasteiger partial charge in [0, 0.05) is 5.39 Å². The van der Waals surface area contributed by atoms with E-state index in [-0.39, 0.29) is 11.5 Å². The van der Waals surface area contributed by atoms with E-state index in [1.165, 1.54) is 18.3 Å². The highest BCUT2D eigenvalue weighted by atomic mass is 19.1. The zero-order chi connectivity index (χ0) is 15.4. The van der Waals surface area contributed by atoms with Gasteiger partial charge in [0.15, 0.2) is 0 Å². The number of hydrogen-bond acceptors (Lipinski definition) is 3. The first-order chi connectivity index (χ1) is 10.7. The lowest BCUT2D eigenvalue weighted by Gasteiger charge is -2.01. The zero-order valence-electron chi connectivity index (χ0n) is 11.5. The molecular formula is C17H12FN3O. The van der Waals surface area contributed by atoms with Gasteiger partial charge in [-0.15, -0.1) is 0 Å². The molecule has 0 aliphatic rings. The van der Waals surface area contributed by atoms with E-state index >= 15 is 0 Å². The molecule has 0 aliphatic carbocycles. The summed E-state index contributed by atoms with van der Waals surface area (Å²) in [7, 11) is 0. The minimum absolute atomic E-state index is 0.273. The summed E-state index contributed by atoms with van der Waals surface area (Å²) in [4.78, 5) is 16.3. The predicted octanol–water partition coefficient (Wildman–Crippen LogP) is 3.14. The van der Waals surface area contributed by atoms with E-state index in [1.807, 2.05) is 30.3 Å². The summed E-state index contributed by atoms with van der Waals surface area (Å²) in [5.74, 6) is -0.773. The van der Waals surface area contributed by atoms with Crippen LogP contribution >= 0.6 is 0 Å². The average Bonchev–Trinajstić information content (AvgIpc) is 2.54. The smallest absolute Gasteiger partial charge is 0.266 e. The first-order valence-corrected chi connectivity index (χ1v) is 6.67. The molecule has 0 bridgehead atoms. The Bertz CT molecular complexity index is 861. The van der Waals surface area contributed by atoms with E-state index in [4.69, 9.17) is 0 Å². The summed E-state index contributed by atoms with van der Waals surface area (Å²) in [5.41, 5.74) is 3.95. The van der Waals surface area contributed by atoms with E-state index in [1.54, 1.807) is 18.2 Å².